The predicted octanol–water partition coefficient (Wildman–Crippen LogP) is 2.08. The van der Waals surface area contributed by atoms with Crippen molar-refractivity contribution in [2.45, 2.75) is 18.9 Å². The van der Waals surface area contributed by atoms with Gasteiger partial charge >= 0.3 is 0 Å². The van der Waals surface area contributed by atoms with Crippen LogP contribution in [0, 0.1) is 0 Å². The van der Waals surface area contributed by atoms with Gasteiger partial charge in [0.05, 0.1) is 0 Å². The fraction of sp³-hybridized carbons (Fsp3) is 0.833. The Morgan fingerprint density at radius 2 is 2.60 bits per heavy atom. The van der Waals surface area contributed by atoms with Crippen molar-refractivity contribution in [1.29, 1.82) is 0 Å². The van der Waals surface area contributed by atoms with Crippen LogP contribution in [-0.2, 0) is 4.84 Å². The minimum absolute atomic E-state index is 0.156. The van der Waals surface area contributed by atoms with Crippen molar-refractivity contribution in [3.8, 4) is 0 Å². The lowest BCUT2D eigenvalue weighted by Crippen LogP contribution is -2.26. The number of hydrogen-bond donors (Lipinski definition) is 0. The fourth-order valence-corrected chi connectivity index (χ4v) is 2.00. The summed E-state index contributed by atoms with van der Waals surface area (Å²) in [7, 11) is 0. The van der Waals surface area contributed by atoms with Gasteiger partial charge < -0.3 is 4.84 Å². The van der Waals surface area contributed by atoms with Gasteiger partial charge in [-0.25, -0.2) is 0 Å². The Kier molecular flexibility index (Phi) is 2.47. The van der Waals surface area contributed by atoms with Gasteiger partial charge in [-0.05, 0) is 13.2 Å². The molecule has 0 N–H and O–H groups in total. The first kappa shape index (κ1) is 8.21. The van der Waals surface area contributed by atoms with Crippen LogP contribution < -0.4 is 0 Å². The summed E-state index contributed by atoms with van der Waals surface area (Å²) in [6, 6.07) is 0. The molecule has 0 radical (unpaired) electrons. The highest BCUT2D eigenvalue weighted by Gasteiger charge is 2.32. The van der Waals surface area contributed by atoms with E-state index >= 15 is 0 Å². The molecular formula is C6H10ClNOS. The van der Waals surface area contributed by atoms with Crippen molar-refractivity contribution >= 4 is 28.5 Å². The Bertz CT molecular complexity index is 162. The van der Waals surface area contributed by atoms with E-state index in [0.717, 1.165) is 12.2 Å². The molecule has 2 nitrogen and oxygen atoms in total. The van der Waals surface area contributed by atoms with Crippen molar-refractivity contribution < 1.29 is 4.84 Å². The van der Waals surface area contributed by atoms with E-state index in [0.29, 0.717) is 5.17 Å². The van der Waals surface area contributed by atoms with Gasteiger partial charge in [0, 0.05) is 12.2 Å². The molecular weight excluding hydrogens is 170 g/mol. The van der Waals surface area contributed by atoms with E-state index in [-0.39, 0.29) is 5.60 Å². The van der Waals surface area contributed by atoms with Gasteiger partial charge in [0.1, 0.15) is 5.17 Å². The largest absolute Gasteiger partial charge is 0.387 e. The summed E-state index contributed by atoms with van der Waals surface area (Å²) < 4.78 is 0. The molecule has 0 aromatic heterocycles. The van der Waals surface area contributed by atoms with Crippen LogP contribution in [0.5, 0.6) is 0 Å². The molecule has 0 saturated heterocycles. The molecule has 58 valence electrons. The molecule has 0 amide bonds. The third-order valence-electron chi connectivity index (χ3n) is 1.33. The zero-order valence-electron chi connectivity index (χ0n) is 6.06. The number of halogens is 1. The van der Waals surface area contributed by atoms with Crippen LogP contribution in [0.25, 0.3) is 0 Å². The van der Waals surface area contributed by atoms with Crippen LogP contribution in [-0.4, -0.2) is 22.8 Å². The maximum atomic E-state index is 5.65. The summed E-state index contributed by atoms with van der Waals surface area (Å²) in [5.41, 5.74) is -0.156. The third kappa shape index (κ3) is 1.80. The minimum atomic E-state index is -0.156. The summed E-state index contributed by atoms with van der Waals surface area (Å²) in [5, 5.41) is 4.26. The van der Waals surface area contributed by atoms with E-state index in [4.69, 9.17) is 16.4 Å². The van der Waals surface area contributed by atoms with Gasteiger partial charge in [0.25, 0.3) is 0 Å². The number of nitrogens with zero attached hydrogens (tertiary/aromatic N) is 1. The van der Waals surface area contributed by atoms with Crippen LogP contribution in [0.2, 0.25) is 0 Å². The standard InChI is InChI=1S/C6H10ClNOS/c1-6(4-10-2)3-5(7)8-9-6/h3-4H2,1-2H3/t6-/m0/s1. The van der Waals surface area contributed by atoms with E-state index in [1.54, 1.807) is 11.8 Å². The molecule has 1 heterocycles. The van der Waals surface area contributed by atoms with Crippen molar-refractivity contribution in [2.24, 2.45) is 5.16 Å². The first-order valence-electron chi connectivity index (χ1n) is 3.06. The van der Waals surface area contributed by atoms with Crippen molar-refractivity contribution in [1.82, 2.24) is 0 Å². The van der Waals surface area contributed by atoms with Crippen LogP contribution in [0.15, 0.2) is 5.16 Å². The molecule has 1 aliphatic rings. The molecule has 0 bridgehead atoms. The third-order valence-corrected chi connectivity index (χ3v) is 2.44. The van der Waals surface area contributed by atoms with Crippen molar-refractivity contribution in [3.05, 3.63) is 0 Å². The van der Waals surface area contributed by atoms with Gasteiger partial charge in [0.2, 0.25) is 0 Å². The van der Waals surface area contributed by atoms with Gasteiger partial charge in [-0.2, -0.15) is 11.8 Å². The summed E-state index contributed by atoms with van der Waals surface area (Å²) in [6.45, 7) is 2.02. The highest BCUT2D eigenvalue weighted by Crippen LogP contribution is 2.27. The Morgan fingerprint density at radius 3 is 3.00 bits per heavy atom. The Morgan fingerprint density at radius 1 is 1.90 bits per heavy atom. The smallest absolute Gasteiger partial charge is 0.150 e. The average Bonchev–Trinajstić information content (AvgIpc) is 2.12. The lowest BCUT2D eigenvalue weighted by molar-refractivity contribution is 0.0164. The molecule has 1 aliphatic heterocycles. The lowest BCUT2D eigenvalue weighted by atomic mass is 10.1. The van der Waals surface area contributed by atoms with Crippen LogP contribution in [0.1, 0.15) is 13.3 Å². The van der Waals surface area contributed by atoms with Gasteiger partial charge in [0.15, 0.2) is 5.60 Å². The maximum absolute atomic E-state index is 5.65. The van der Waals surface area contributed by atoms with Crippen molar-refractivity contribution in [3.63, 3.8) is 0 Å². The zero-order valence-corrected chi connectivity index (χ0v) is 7.63. The number of oxime groups is 1. The van der Waals surface area contributed by atoms with E-state index in [1.165, 1.54) is 0 Å². The Labute approximate surface area is 69.9 Å². The van der Waals surface area contributed by atoms with Gasteiger partial charge in [-0.1, -0.05) is 16.8 Å². The number of hydrogen-bond acceptors (Lipinski definition) is 3. The summed E-state index contributed by atoms with van der Waals surface area (Å²) in [5.74, 6) is 0.937. The van der Waals surface area contributed by atoms with E-state index in [1.807, 2.05) is 13.2 Å². The predicted molar refractivity (Wildman–Crippen MR) is 45.8 cm³/mol. The van der Waals surface area contributed by atoms with Gasteiger partial charge in [-0.15, -0.1) is 0 Å². The molecule has 0 aromatic rings. The molecule has 0 saturated carbocycles. The molecule has 0 unspecified atom stereocenters. The first-order valence-corrected chi connectivity index (χ1v) is 4.83. The highest BCUT2D eigenvalue weighted by atomic mass is 35.5. The van der Waals surface area contributed by atoms with E-state index in [2.05, 4.69) is 5.16 Å². The Hall–Kier alpha value is 0.110. The topological polar surface area (TPSA) is 21.6 Å². The molecule has 0 aromatic carbocycles. The normalized spacial score (nSPS) is 31.7. The molecule has 0 fully saturated rings. The monoisotopic (exact) mass is 179 g/mol. The second-order valence-corrected chi connectivity index (χ2v) is 3.92. The summed E-state index contributed by atoms with van der Waals surface area (Å²) >= 11 is 7.39. The maximum Gasteiger partial charge on any atom is 0.150 e. The minimum Gasteiger partial charge on any atom is -0.387 e. The van der Waals surface area contributed by atoms with Gasteiger partial charge in [-0.3, -0.25) is 0 Å². The highest BCUT2D eigenvalue weighted by molar-refractivity contribution is 7.98. The van der Waals surface area contributed by atoms with Crippen LogP contribution in [0.4, 0.5) is 0 Å². The van der Waals surface area contributed by atoms with Crippen LogP contribution in [0.3, 0.4) is 0 Å². The quantitative estimate of drug-likeness (QED) is 0.648. The van der Waals surface area contributed by atoms with E-state index in [9.17, 15) is 0 Å². The molecule has 1 atom stereocenters. The van der Waals surface area contributed by atoms with Crippen molar-refractivity contribution in [2.75, 3.05) is 12.0 Å². The SMILES string of the molecule is CSC[C@]1(C)CC(Cl)=NO1. The zero-order chi connectivity index (χ0) is 7.61. The summed E-state index contributed by atoms with van der Waals surface area (Å²) in [4.78, 5) is 5.13. The average molecular weight is 180 g/mol. The second kappa shape index (κ2) is 3.01. The molecule has 0 aliphatic carbocycles. The molecule has 10 heavy (non-hydrogen) atoms. The Balaban J connectivity index is 2.44. The first-order chi connectivity index (χ1) is 4.66. The molecule has 0 spiro atoms. The second-order valence-electron chi connectivity index (χ2n) is 2.62. The molecule has 4 heteroatoms. The van der Waals surface area contributed by atoms with Crippen LogP contribution >= 0.6 is 23.4 Å². The number of thioether (sulfide) groups is 1. The molecule has 1 rings (SSSR count). The summed E-state index contributed by atoms with van der Waals surface area (Å²) in [6.07, 6.45) is 2.79. The van der Waals surface area contributed by atoms with E-state index < -0.39 is 0 Å². The lowest BCUT2D eigenvalue weighted by Gasteiger charge is -2.18. The fourth-order valence-electron chi connectivity index (χ4n) is 0.916. The number of rotatable bonds is 2.